The summed E-state index contributed by atoms with van der Waals surface area (Å²) >= 11 is 12.8. The van der Waals surface area contributed by atoms with E-state index in [1.54, 1.807) is 6.07 Å². The van der Waals surface area contributed by atoms with Gasteiger partial charge in [0.05, 0.1) is 9.90 Å². The standard InChI is InChI=1S/C11H15Cl2NO2S/c1-11(2,3-4-15)6-14-10(16)7-5-8(12)17-9(7)13/h5,15H,3-4,6H2,1-2H3,(H,14,16). The quantitative estimate of drug-likeness (QED) is 0.876. The van der Waals surface area contributed by atoms with Gasteiger partial charge in [0, 0.05) is 13.2 Å². The molecule has 0 aliphatic heterocycles. The summed E-state index contributed by atoms with van der Waals surface area (Å²) in [7, 11) is 0. The Hall–Kier alpha value is -0.290. The number of amides is 1. The van der Waals surface area contributed by atoms with E-state index in [1.165, 1.54) is 11.3 Å². The van der Waals surface area contributed by atoms with E-state index in [0.29, 0.717) is 27.2 Å². The van der Waals surface area contributed by atoms with Crippen LogP contribution in [0.2, 0.25) is 8.67 Å². The van der Waals surface area contributed by atoms with Crippen LogP contribution in [0, 0.1) is 5.41 Å². The number of nitrogens with one attached hydrogen (secondary N) is 1. The van der Waals surface area contributed by atoms with Crippen molar-refractivity contribution >= 4 is 40.4 Å². The van der Waals surface area contributed by atoms with E-state index in [9.17, 15) is 4.79 Å². The van der Waals surface area contributed by atoms with Gasteiger partial charge >= 0.3 is 0 Å². The van der Waals surface area contributed by atoms with Crippen LogP contribution < -0.4 is 5.32 Å². The maximum atomic E-state index is 11.8. The Bertz CT molecular complexity index is 404. The van der Waals surface area contributed by atoms with Crippen LogP contribution in [0.4, 0.5) is 0 Å². The van der Waals surface area contributed by atoms with Crippen LogP contribution in [0.3, 0.4) is 0 Å². The lowest BCUT2D eigenvalue weighted by molar-refractivity contribution is 0.0929. The van der Waals surface area contributed by atoms with E-state index in [4.69, 9.17) is 28.3 Å². The Balaban J connectivity index is 2.59. The van der Waals surface area contributed by atoms with Gasteiger partial charge in [0.25, 0.3) is 5.91 Å². The molecule has 3 nitrogen and oxygen atoms in total. The largest absolute Gasteiger partial charge is 0.396 e. The Morgan fingerprint density at radius 2 is 2.18 bits per heavy atom. The first-order valence-corrected chi connectivity index (χ1v) is 6.77. The third-order valence-electron chi connectivity index (χ3n) is 2.42. The number of aliphatic hydroxyl groups excluding tert-OH is 1. The molecular weight excluding hydrogens is 281 g/mol. The van der Waals surface area contributed by atoms with Crippen LogP contribution >= 0.6 is 34.5 Å². The number of rotatable bonds is 5. The highest BCUT2D eigenvalue weighted by atomic mass is 35.5. The summed E-state index contributed by atoms with van der Waals surface area (Å²) in [4.78, 5) is 11.8. The van der Waals surface area contributed by atoms with Crippen molar-refractivity contribution in [3.05, 3.63) is 20.3 Å². The van der Waals surface area contributed by atoms with E-state index >= 15 is 0 Å². The molecule has 6 heteroatoms. The zero-order valence-electron chi connectivity index (χ0n) is 9.72. The molecule has 0 saturated carbocycles. The van der Waals surface area contributed by atoms with Crippen molar-refractivity contribution in [3.63, 3.8) is 0 Å². The Morgan fingerprint density at radius 3 is 2.65 bits per heavy atom. The molecule has 0 radical (unpaired) electrons. The number of thiophene rings is 1. The molecule has 96 valence electrons. The van der Waals surface area contributed by atoms with E-state index < -0.39 is 0 Å². The van der Waals surface area contributed by atoms with Crippen molar-refractivity contribution < 1.29 is 9.90 Å². The second kappa shape index (κ2) is 6.05. The molecule has 0 fully saturated rings. The first-order chi connectivity index (χ1) is 7.85. The predicted molar refractivity (Wildman–Crippen MR) is 72.2 cm³/mol. The highest BCUT2D eigenvalue weighted by Gasteiger charge is 2.20. The van der Waals surface area contributed by atoms with Crippen LogP contribution in [0.5, 0.6) is 0 Å². The molecule has 1 aromatic heterocycles. The van der Waals surface area contributed by atoms with Gasteiger partial charge in [-0.3, -0.25) is 4.79 Å². The van der Waals surface area contributed by atoms with Crippen molar-refractivity contribution in [2.75, 3.05) is 13.2 Å². The molecular formula is C11H15Cl2NO2S. The van der Waals surface area contributed by atoms with Crippen LogP contribution in [0.25, 0.3) is 0 Å². The Morgan fingerprint density at radius 1 is 1.53 bits per heavy atom. The van der Waals surface area contributed by atoms with Gasteiger partial charge < -0.3 is 10.4 Å². The summed E-state index contributed by atoms with van der Waals surface area (Å²) < 4.78 is 0.891. The molecule has 1 aromatic rings. The van der Waals surface area contributed by atoms with Crippen molar-refractivity contribution in [1.29, 1.82) is 0 Å². The molecule has 0 saturated heterocycles. The van der Waals surface area contributed by atoms with Crippen molar-refractivity contribution in [2.24, 2.45) is 5.41 Å². The lowest BCUT2D eigenvalue weighted by Crippen LogP contribution is -2.34. The molecule has 0 atom stereocenters. The first kappa shape index (κ1) is 14.8. The molecule has 2 N–H and O–H groups in total. The molecule has 0 bridgehead atoms. The van der Waals surface area contributed by atoms with Crippen molar-refractivity contribution in [1.82, 2.24) is 5.32 Å². The maximum absolute atomic E-state index is 11.8. The van der Waals surface area contributed by atoms with Crippen molar-refractivity contribution in [2.45, 2.75) is 20.3 Å². The fraction of sp³-hybridized carbons (Fsp3) is 0.545. The summed E-state index contributed by atoms with van der Waals surface area (Å²) in [6, 6.07) is 1.56. The number of carbonyl (C=O) groups excluding carboxylic acids is 1. The minimum absolute atomic E-state index is 0.105. The Labute approximate surface area is 115 Å². The van der Waals surface area contributed by atoms with E-state index in [1.807, 2.05) is 13.8 Å². The normalized spacial score (nSPS) is 11.6. The average Bonchev–Trinajstić information content (AvgIpc) is 2.54. The number of hydrogen-bond donors (Lipinski definition) is 2. The SMILES string of the molecule is CC(C)(CCO)CNC(=O)c1cc(Cl)sc1Cl. The number of hydrogen-bond acceptors (Lipinski definition) is 3. The third-order valence-corrected chi connectivity index (χ3v) is 3.90. The molecule has 0 unspecified atom stereocenters. The first-order valence-electron chi connectivity index (χ1n) is 5.19. The monoisotopic (exact) mass is 295 g/mol. The van der Waals surface area contributed by atoms with E-state index in [0.717, 1.165) is 0 Å². The van der Waals surface area contributed by atoms with Crippen LogP contribution in [0.15, 0.2) is 6.07 Å². The smallest absolute Gasteiger partial charge is 0.253 e. The van der Waals surface area contributed by atoms with Gasteiger partial charge in [-0.2, -0.15) is 0 Å². The molecule has 1 amide bonds. The summed E-state index contributed by atoms with van der Waals surface area (Å²) in [6.07, 6.45) is 0.630. The van der Waals surface area contributed by atoms with Crippen LogP contribution in [-0.4, -0.2) is 24.2 Å². The minimum Gasteiger partial charge on any atom is -0.396 e. The lowest BCUT2D eigenvalue weighted by atomic mass is 9.90. The molecule has 17 heavy (non-hydrogen) atoms. The highest BCUT2D eigenvalue weighted by molar-refractivity contribution is 7.20. The molecule has 1 heterocycles. The van der Waals surface area contributed by atoms with Gasteiger partial charge in [-0.1, -0.05) is 37.0 Å². The highest BCUT2D eigenvalue weighted by Crippen LogP contribution is 2.31. The van der Waals surface area contributed by atoms with Gasteiger partial charge in [0.15, 0.2) is 0 Å². The van der Waals surface area contributed by atoms with Crippen molar-refractivity contribution in [3.8, 4) is 0 Å². The summed E-state index contributed by atoms with van der Waals surface area (Å²) in [5.41, 5.74) is 0.262. The topological polar surface area (TPSA) is 49.3 Å². The van der Waals surface area contributed by atoms with Gasteiger partial charge in [-0.25, -0.2) is 0 Å². The second-order valence-electron chi connectivity index (χ2n) is 4.56. The predicted octanol–water partition coefficient (Wildman–Crippen LogP) is 3.19. The Kier molecular flexibility index (Phi) is 5.25. The van der Waals surface area contributed by atoms with Crippen LogP contribution in [-0.2, 0) is 0 Å². The lowest BCUT2D eigenvalue weighted by Gasteiger charge is -2.23. The van der Waals surface area contributed by atoms with Gasteiger partial charge in [-0.15, -0.1) is 11.3 Å². The van der Waals surface area contributed by atoms with Gasteiger partial charge in [0.2, 0.25) is 0 Å². The molecule has 0 aliphatic carbocycles. The maximum Gasteiger partial charge on any atom is 0.253 e. The van der Waals surface area contributed by atoms with E-state index in [-0.39, 0.29) is 17.9 Å². The molecule has 1 rings (SSSR count). The summed E-state index contributed by atoms with van der Waals surface area (Å²) in [6.45, 7) is 4.54. The molecule has 0 spiro atoms. The van der Waals surface area contributed by atoms with E-state index in [2.05, 4.69) is 5.32 Å². The number of carbonyl (C=O) groups is 1. The molecule has 0 aliphatic rings. The zero-order chi connectivity index (χ0) is 13.1. The fourth-order valence-electron chi connectivity index (χ4n) is 1.30. The summed E-state index contributed by atoms with van der Waals surface area (Å²) in [5, 5.41) is 11.7. The second-order valence-corrected chi connectivity index (χ2v) is 6.84. The minimum atomic E-state index is -0.232. The van der Waals surface area contributed by atoms with Gasteiger partial charge in [0.1, 0.15) is 4.34 Å². The number of halogens is 2. The number of aliphatic hydroxyl groups is 1. The fourth-order valence-corrected chi connectivity index (χ4v) is 2.76. The third kappa shape index (κ3) is 4.47. The zero-order valence-corrected chi connectivity index (χ0v) is 12.0. The average molecular weight is 296 g/mol. The van der Waals surface area contributed by atoms with Crippen LogP contribution in [0.1, 0.15) is 30.6 Å². The summed E-state index contributed by atoms with van der Waals surface area (Å²) in [5.74, 6) is -0.232. The molecule has 0 aromatic carbocycles. The van der Waals surface area contributed by atoms with Gasteiger partial charge in [-0.05, 0) is 17.9 Å².